The van der Waals surface area contributed by atoms with E-state index in [9.17, 15) is 9.59 Å². The van der Waals surface area contributed by atoms with Crippen LogP contribution in [0.15, 0.2) is 4.79 Å². The number of rotatable bonds is 7. The van der Waals surface area contributed by atoms with Crippen molar-refractivity contribution in [3.05, 3.63) is 21.6 Å². The molecule has 1 N–H and O–H groups in total. The molecule has 0 aliphatic rings. The Morgan fingerprint density at radius 2 is 1.94 bits per heavy atom. The van der Waals surface area contributed by atoms with Gasteiger partial charge in [-0.25, -0.2) is 0 Å². The zero-order valence-corrected chi connectivity index (χ0v) is 11.0. The van der Waals surface area contributed by atoms with Gasteiger partial charge in [-0.15, -0.1) is 0 Å². The smallest absolute Gasteiger partial charge is 0.277 e. The second-order valence-corrected chi connectivity index (χ2v) is 4.41. The van der Waals surface area contributed by atoms with Gasteiger partial charge in [0.15, 0.2) is 5.78 Å². The second-order valence-electron chi connectivity index (χ2n) is 4.41. The Morgan fingerprint density at radius 3 is 2.53 bits per heavy atom. The van der Waals surface area contributed by atoms with Crippen molar-refractivity contribution in [3.8, 4) is 0 Å². The molecule has 0 bridgehead atoms. The Bertz CT molecular complexity index is 429. The highest BCUT2D eigenvalue weighted by Gasteiger charge is 2.16. The SMILES string of the molecule is CCCCCCn1[nH]c(C)c(C(=O)CC)c1=O. The topological polar surface area (TPSA) is 54.9 Å². The standard InChI is InChI=1S/C13H22N2O2/c1-4-6-7-8-9-15-13(17)12(10(3)14-15)11(16)5-2/h14H,4-9H2,1-3H3. The number of aryl methyl sites for hydroxylation is 2. The normalized spacial score (nSPS) is 10.8. The molecule has 0 amide bonds. The first-order chi connectivity index (χ1) is 8.11. The van der Waals surface area contributed by atoms with Crippen LogP contribution in [0.5, 0.6) is 0 Å². The summed E-state index contributed by atoms with van der Waals surface area (Å²) in [5, 5.41) is 2.99. The van der Waals surface area contributed by atoms with Crippen molar-refractivity contribution in [1.82, 2.24) is 9.78 Å². The largest absolute Gasteiger partial charge is 0.299 e. The maximum absolute atomic E-state index is 12.0. The molecule has 4 heteroatoms. The van der Waals surface area contributed by atoms with Gasteiger partial charge >= 0.3 is 0 Å². The van der Waals surface area contributed by atoms with Crippen molar-refractivity contribution in [2.75, 3.05) is 0 Å². The number of carbonyl (C=O) groups excluding carboxylic acids is 1. The molecule has 0 saturated carbocycles. The van der Waals surface area contributed by atoms with Gasteiger partial charge in [0.05, 0.1) is 0 Å². The fraction of sp³-hybridized carbons (Fsp3) is 0.692. The summed E-state index contributed by atoms with van der Waals surface area (Å²) in [4.78, 5) is 23.6. The molecule has 1 rings (SSSR count). The highest BCUT2D eigenvalue weighted by molar-refractivity contribution is 5.96. The van der Waals surface area contributed by atoms with Crippen molar-refractivity contribution < 1.29 is 4.79 Å². The fourth-order valence-electron chi connectivity index (χ4n) is 1.96. The fourth-order valence-corrected chi connectivity index (χ4v) is 1.96. The molecular weight excluding hydrogens is 216 g/mol. The third kappa shape index (κ3) is 3.32. The Labute approximate surface area is 102 Å². The number of H-pyrrole nitrogens is 1. The number of nitrogens with one attached hydrogen (secondary N) is 1. The van der Waals surface area contributed by atoms with Crippen LogP contribution in [0.25, 0.3) is 0 Å². The summed E-state index contributed by atoms with van der Waals surface area (Å²) in [6, 6.07) is 0. The van der Waals surface area contributed by atoms with Crippen LogP contribution in [-0.2, 0) is 6.54 Å². The van der Waals surface area contributed by atoms with E-state index >= 15 is 0 Å². The molecule has 1 heterocycles. The van der Waals surface area contributed by atoms with Gasteiger partial charge in [0.1, 0.15) is 5.56 Å². The third-order valence-electron chi connectivity index (χ3n) is 2.97. The van der Waals surface area contributed by atoms with Crippen LogP contribution in [0, 0.1) is 6.92 Å². The highest BCUT2D eigenvalue weighted by atomic mass is 16.2. The molecule has 1 aromatic heterocycles. The number of nitrogens with zero attached hydrogens (tertiary/aromatic N) is 1. The predicted octanol–water partition coefficient (Wildman–Crippen LogP) is 2.66. The zero-order valence-electron chi connectivity index (χ0n) is 11.0. The number of ketones is 1. The summed E-state index contributed by atoms with van der Waals surface area (Å²) < 4.78 is 1.56. The van der Waals surface area contributed by atoms with Crippen LogP contribution in [0.4, 0.5) is 0 Å². The van der Waals surface area contributed by atoms with Gasteiger partial charge in [0.25, 0.3) is 5.56 Å². The summed E-state index contributed by atoms with van der Waals surface area (Å²) in [6.45, 7) is 6.40. The molecule has 0 unspecified atom stereocenters. The van der Waals surface area contributed by atoms with Gasteiger partial charge in [0, 0.05) is 18.7 Å². The Balaban J connectivity index is 2.75. The van der Waals surface area contributed by atoms with Crippen LogP contribution in [-0.4, -0.2) is 15.6 Å². The van der Waals surface area contributed by atoms with E-state index in [0.29, 0.717) is 24.2 Å². The molecule has 0 aliphatic carbocycles. The molecular formula is C13H22N2O2. The lowest BCUT2D eigenvalue weighted by atomic mass is 10.1. The van der Waals surface area contributed by atoms with Gasteiger partial charge < -0.3 is 0 Å². The molecule has 0 aromatic carbocycles. The van der Waals surface area contributed by atoms with E-state index in [2.05, 4.69) is 12.0 Å². The molecule has 0 atom stereocenters. The minimum absolute atomic E-state index is 0.0731. The molecule has 4 nitrogen and oxygen atoms in total. The average Bonchev–Trinajstić information content (AvgIpc) is 2.59. The second kappa shape index (κ2) is 6.42. The summed E-state index contributed by atoms with van der Waals surface area (Å²) in [6.07, 6.45) is 4.85. The van der Waals surface area contributed by atoms with Crippen LogP contribution in [0.3, 0.4) is 0 Å². The highest BCUT2D eigenvalue weighted by Crippen LogP contribution is 2.05. The van der Waals surface area contributed by atoms with Crippen LogP contribution in [0.1, 0.15) is 62.0 Å². The minimum Gasteiger partial charge on any atom is -0.299 e. The monoisotopic (exact) mass is 238 g/mol. The van der Waals surface area contributed by atoms with Gasteiger partial charge in [-0.05, 0) is 13.3 Å². The van der Waals surface area contributed by atoms with E-state index in [1.807, 2.05) is 0 Å². The van der Waals surface area contributed by atoms with Gasteiger partial charge in [0.2, 0.25) is 0 Å². The Hall–Kier alpha value is -1.32. The van der Waals surface area contributed by atoms with E-state index in [4.69, 9.17) is 0 Å². The lowest BCUT2D eigenvalue weighted by Crippen LogP contribution is -2.21. The quantitative estimate of drug-likeness (QED) is 0.586. The van der Waals surface area contributed by atoms with E-state index < -0.39 is 0 Å². The van der Waals surface area contributed by atoms with E-state index in [0.717, 1.165) is 12.8 Å². The average molecular weight is 238 g/mol. The van der Waals surface area contributed by atoms with E-state index in [1.165, 1.54) is 12.8 Å². The number of hydrogen-bond donors (Lipinski definition) is 1. The number of hydrogen-bond acceptors (Lipinski definition) is 2. The number of aromatic nitrogens is 2. The van der Waals surface area contributed by atoms with Crippen LogP contribution < -0.4 is 5.56 Å². The molecule has 0 spiro atoms. The van der Waals surface area contributed by atoms with Gasteiger partial charge in [-0.1, -0.05) is 33.1 Å². The van der Waals surface area contributed by atoms with E-state index in [-0.39, 0.29) is 11.3 Å². The number of Topliss-reactive ketones (excluding diaryl/α,β-unsaturated/α-hetero) is 1. The minimum atomic E-state index is -0.161. The first-order valence-corrected chi connectivity index (χ1v) is 6.44. The van der Waals surface area contributed by atoms with Crippen molar-refractivity contribution in [2.24, 2.45) is 0 Å². The summed E-state index contributed by atoms with van der Waals surface area (Å²) in [5.41, 5.74) is 0.867. The molecule has 1 aromatic rings. The first-order valence-electron chi connectivity index (χ1n) is 6.44. The number of aromatic amines is 1. The van der Waals surface area contributed by atoms with Crippen molar-refractivity contribution in [2.45, 2.75) is 59.4 Å². The zero-order chi connectivity index (χ0) is 12.8. The molecule has 0 fully saturated rings. The number of carbonyl (C=O) groups is 1. The molecule has 0 aliphatic heterocycles. The third-order valence-corrected chi connectivity index (χ3v) is 2.97. The molecule has 17 heavy (non-hydrogen) atoms. The summed E-state index contributed by atoms with van der Waals surface area (Å²) >= 11 is 0. The summed E-state index contributed by atoms with van der Waals surface area (Å²) in [7, 11) is 0. The number of unbranched alkanes of at least 4 members (excludes halogenated alkanes) is 3. The van der Waals surface area contributed by atoms with Gasteiger partial charge in [-0.3, -0.25) is 19.4 Å². The maximum Gasteiger partial charge on any atom is 0.277 e. The first kappa shape index (κ1) is 13.7. The van der Waals surface area contributed by atoms with Crippen LogP contribution >= 0.6 is 0 Å². The molecule has 0 saturated heterocycles. The van der Waals surface area contributed by atoms with Gasteiger partial charge in [-0.2, -0.15) is 0 Å². The maximum atomic E-state index is 12.0. The van der Waals surface area contributed by atoms with Crippen LogP contribution in [0.2, 0.25) is 0 Å². The van der Waals surface area contributed by atoms with Crippen molar-refractivity contribution >= 4 is 5.78 Å². The van der Waals surface area contributed by atoms with Crippen molar-refractivity contribution in [3.63, 3.8) is 0 Å². The Kier molecular flexibility index (Phi) is 5.19. The van der Waals surface area contributed by atoms with E-state index in [1.54, 1.807) is 18.5 Å². The predicted molar refractivity (Wildman–Crippen MR) is 68.6 cm³/mol. The summed E-state index contributed by atoms with van der Waals surface area (Å²) in [5.74, 6) is -0.0731. The lowest BCUT2D eigenvalue weighted by Gasteiger charge is -2.00. The molecule has 0 radical (unpaired) electrons. The molecule has 96 valence electrons. The Morgan fingerprint density at radius 1 is 1.24 bits per heavy atom. The lowest BCUT2D eigenvalue weighted by molar-refractivity contribution is 0.0986. The van der Waals surface area contributed by atoms with Crippen molar-refractivity contribution in [1.29, 1.82) is 0 Å².